The normalized spacial score (nSPS) is 11.5. The first kappa shape index (κ1) is 11.3. The molecule has 2 rings (SSSR count). The Morgan fingerprint density at radius 3 is 2.12 bits per heavy atom. The fourth-order valence-corrected chi connectivity index (χ4v) is 1.41. The summed E-state index contributed by atoms with van der Waals surface area (Å²) in [6, 6.07) is 11.3. The fraction of sp³-hybridized carbons (Fsp3) is 0. The van der Waals surface area contributed by atoms with Crippen molar-refractivity contribution in [1.82, 2.24) is 0 Å². The van der Waals surface area contributed by atoms with Crippen molar-refractivity contribution in [2.45, 2.75) is 0 Å². The number of hydrogen-bond donors (Lipinski definition) is 0. The Morgan fingerprint density at radius 1 is 0.882 bits per heavy atom. The van der Waals surface area contributed by atoms with Crippen LogP contribution in [0.15, 0.2) is 48.5 Å². The van der Waals surface area contributed by atoms with Gasteiger partial charge in [-0.3, -0.25) is 0 Å². The maximum Gasteiger partial charge on any atom is 0.252 e. The van der Waals surface area contributed by atoms with Gasteiger partial charge in [0.25, 0.3) is 5.69 Å². The van der Waals surface area contributed by atoms with E-state index >= 15 is 0 Å². The molecule has 0 aromatic heterocycles. The van der Waals surface area contributed by atoms with E-state index in [-0.39, 0.29) is 11.3 Å². The van der Waals surface area contributed by atoms with Crippen LogP contribution in [0.2, 0.25) is 0 Å². The maximum absolute atomic E-state index is 13.3. The minimum absolute atomic E-state index is 0.116. The number of rotatable bonds is 2. The first-order valence-corrected chi connectivity index (χ1v) is 4.99. The predicted molar refractivity (Wildman–Crippen MR) is 61.3 cm³/mol. The van der Waals surface area contributed by atoms with Crippen molar-refractivity contribution in [1.29, 1.82) is 0 Å². The number of para-hydroxylation sites is 1. The van der Waals surface area contributed by atoms with E-state index in [0.717, 1.165) is 6.21 Å². The van der Waals surface area contributed by atoms with Crippen LogP contribution in [0.3, 0.4) is 0 Å². The molecular formula is C13H9F2NO. The Hall–Kier alpha value is -2.23. The molecule has 0 spiro atoms. The molecular weight excluding hydrogens is 224 g/mol. The fourth-order valence-electron chi connectivity index (χ4n) is 1.41. The molecule has 0 atom stereocenters. The van der Waals surface area contributed by atoms with Crippen LogP contribution in [-0.4, -0.2) is 11.0 Å². The standard InChI is InChI=1S/C13H9F2NO/c14-11-6-2-1-5-10(11)9-16(17)13-8-4-3-7-12(13)15/h1-9H. The molecule has 0 amide bonds. The van der Waals surface area contributed by atoms with Crippen LogP contribution < -0.4 is 0 Å². The Morgan fingerprint density at radius 2 is 1.47 bits per heavy atom. The summed E-state index contributed by atoms with van der Waals surface area (Å²) >= 11 is 0. The summed E-state index contributed by atoms with van der Waals surface area (Å²) in [4.78, 5) is 0. The number of benzene rings is 2. The highest BCUT2D eigenvalue weighted by molar-refractivity contribution is 5.76. The molecule has 0 aliphatic rings. The number of halogens is 2. The van der Waals surface area contributed by atoms with Crippen LogP contribution in [0.5, 0.6) is 0 Å². The monoisotopic (exact) mass is 233 g/mol. The average molecular weight is 233 g/mol. The molecule has 0 N–H and O–H groups in total. The predicted octanol–water partition coefficient (Wildman–Crippen LogP) is 3.23. The Balaban J connectivity index is 2.42. The molecule has 0 heterocycles. The summed E-state index contributed by atoms with van der Waals surface area (Å²) in [5.41, 5.74) is -0.0264. The summed E-state index contributed by atoms with van der Waals surface area (Å²) in [5, 5.41) is 11.6. The topological polar surface area (TPSA) is 26.1 Å². The molecule has 17 heavy (non-hydrogen) atoms. The summed E-state index contributed by atoms with van der Waals surface area (Å²) in [6.45, 7) is 0. The van der Waals surface area contributed by atoms with Crippen LogP contribution in [0.4, 0.5) is 14.5 Å². The van der Waals surface area contributed by atoms with Crippen molar-refractivity contribution in [2.24, 2.45) is 0 Å². The van der Waals surface area contributed by atoms with Crippen LogP contribution in [0, 0.1) is 16.8 Å². The zero-order valence-corrected chi connectivity index (χ0v) is 8.81. The highest BCUT2D eigenvalue weighted by Crippen LogP contribution is 2.16. The zero-order chi connectivity index (χ0) is 12.3. The van der Waals surface area contributed by atoms with Gasteiger partial charge in [-0.1, -0.05) is 24.3 Å². The quantitative estimate of drug-likeness (QED) is 0.338. The van der Waals surface area contributed by atoms with E-state index in [1.807, 2.05) is 0 Å². The molecule has 0 saturated heterocycles. The third-order valence-electron chi connectivity index (χ3n) is 2.25. The molecule has 0 aliphatic heterocycles. The third kappa shape index (κ3) is 2.47. The van der Waals surface area contributed by atoms with Crippen molar-refractivity contribution >= 4 is 11.9 Å². The molecule has 0 bridgehead atoms. The second-order valence-electron chi connectivity index (χ2n) is 3.43. The molecule has 0 radical (unpaired) electrons. The molecule has 0 fully saturated rings. The van der Waals surface area contributed by atoms with Crippen molar-refractivity contribution in [3.05, 3.63) is 70.9 Å². The van der Waals surface area contributed by atoms with E-state index in [0.29, 0.717) is 4.74 Å². The lowest BCUT2D eigenvalue weighted by molar-refractivity contribution is -0.357. The Labute approximate surface area is 97.0 Å². The highest BCUT2D eigenvalue weighted by atomic mass is 19.1. The minimum Gasteiger partial charge on any atom is -0.618 e. The van der Waals surface area contributed by atoms with E-state index < -0.39 is 11.6 Å². The minimum atomic E-state index is -0.643. The van der Waals surface area contributed by atoms with Gasteiger partial charge in [-0.05, 0) is 18.2 Å². The first-order valence-electron chi connectivity index (χ1n) is 4.99. The van der Waals surface area contributed by atoms with Crippen molar-refractivity contribution in [3.8, 4) is 0 Å². The van der Waals surface area contributed by atoms with Gasteiger partial charge in [0.2, 0.25) is 0 Å². The van der Waals surface area contributed by atoms with Gasteiger partial charge in [0.05, 0.1) is 5.56 Å². The van der Waals surface area contributed by atoms with Gasteiger partial charge in [-0.2, -0.15) is 9.13 Å². The zero-order valence-electron chi connectivity index (χ0n) is 8.81. The van der Waals surface area contributed by atoms with E-state index in [2.05, 4.69) is 0 Å². The highest BCUT2D eigenvalue weighted by Gasteiger charge is 2.09. The van der Waals surface area contributed by atoms with E-state index in [9.17, 15) is 14.0 Å². The second-order valence-corrected chi connectivity index (χ2v) is 3.43. The van der Waals surface area contributed by atoms with Crippen LogP contribution >= 0.6 is 0 Å². The van der Waals surface area contributed by atoms with Gasteiger partial charge in [0, 0.05) is 6.07 Å². The largest absolute Gasteiger partial charge is 0.618 e. The summed E-state index contributed by atoms with van der Waals surface area (Å²) < 4.78 is 26.9. The molecule has 0 unspecified atom stereocenters. The van der Waals surface area contributed by atoms with Gasteiger partial charge in [0.15, 0.2) is 12.0 Å². The Bertz CT molecular complexity index is 567. The summed E-state index contributed by atoms with van der Waals surface area (Å²) in [5.74, 6) is -1.17. The number of hydrogen-bond acceptors (Lipinski definition) is 1. The van der Waals surface area contributed by atoms with E-state index in [1.165, 1.54) is 36.4 Å². The lowest BCUT2D eigenvalue weighted by atomic mass is 10.2. The molecule has 0 aliphatic carbocycles. The molecule has 2 aromatic rings. The Kier molecular flexibility index (Phi) is 3.14. The smallest absolute Gasteiger partial charge is 0.252 e. The van der Waals surface area contributed by atoms with Gasteiger partial charge >= 0.3 is 0 Å². The maximum atomic E-state index is 13.3. The number of nitrogens with zero attached hydrogens (tertiary/aromatic N) is 1. The second kappa shape index (κ2) is 4.74. The van der Waals surface area contributed by atoms with Crippen molar-refractivity contribution in [3.63, 3.8) is 0 Å². The van der Waals surface area contributed by atoms with Crippen LogP contribution in [-0.2, 0) is 0 Å². The molecule has 0 saturated carbocycles. The molecule has 2 nitrogen and oxygen atoms in total. The van der Waals surface area contributed by atoms with E-state index in [1.54, 1.807) is 12.1 Å². The van der Waals surface area contributed by atoms with Crippen molar-refractivity contribution in [2.75, 3.05) is 0 Å². The average Bonchev–Trinajstić information content (AvgIpc) is 2.32. The van der Waals surface area contributed by atoms with Gasteiger partial charge in [-0.15, -0.1) is 0 Å². The molecule has 86 valence electrons. The van der Waals surface area contributed by atoms with Crippen molar-refractivity contribution < 1.29 is 13.5 Å². The van der Waals surface area contributed by atoms with Crippen LogP contribution in [0.25, 0.3) is 0 Å². The lowest BCUT2D eigenvalue weighted by Gasteiger charge is -2.03. The van der Waals surface area contributed by atoms with E-state index in [4.69, 9.17) is 0 Å². The SMILES string of the molecule is [O-][N+](=Cc1ccccc1F)c1ccccc1F. The van der Waals surface area contributed by atoms with Gasteiger partial charge < -0.3 is 5.21 Å². The summed E-state index contributed by atoms with van der Waals surface area (Å²) in [7, 11) is 0. The van der Waals surface area contributed by atoms with Gasteiger partial charge in [-0.25, -0.2) is 4.39 Å². The van der Waals surface area contributed by atoms with Gasteiger partial charge in [0.1, 0.15) is 5.82 Å². The molecule has 4 heteroatoms. The third-order valence-corrected chi connectivity index (χ3v) is 2.25. The summed E-state index contributed by atoms with van der Waals surface area (Å²) in [6.07, 6.45) is 1.01. The first-order chi connectivity index (χ1) is 8.18. The lowest BCUT2D eigenvalue weighted by Crippen LogP contribution is -2.02. The molecule has 2 aromatic carbocycles. The van der Waals surface area contributed by atoms with Crippen LogP contribution in [0.1, 0.15) is 5.56 Å².